The first kappa shape index (κ1) is 28.0. The van der Waals surface area contributed by atoms with Crippen LogP contribution >= 0.6 is 23.2 Å². The Labute approximate surface area is 194 Å². The largest absolute Gasteiger partial charge is 0.461 e. The first-order chi connectivity index (χ1) is 14.7. The number of esters is 1. The molecule has 0 fully saturated rings. The first-order valence-corrected chi connectivity index (χ1v) is 10.6. The van der Waals surface area contributed by atoms with Gasteiger partial charge in [-0.3, -0.25) is 4.98 Å². The normalized spacial score (nSPS) is 12.6. The zero-order chi connectivity index (χ0) is 24.9. The van der Waals surface area contributed by atoms with E-state index in [2.05, 4.69) is 10.1 Å². The van der Waals surface area contributed by atoms with E-state index in [1.165, 1.54) is 18.5 Å². The number of hydrogen-bond donors (Lipinski definition) is 1. The molecule has 2 heterocycles. The molecule has 1 unspecified atom stereocenters. The molecule has 7 nitrogen and oxygen atoms in total. The van der Waals surface area contributed by atoms with Gasteiger partial charge in [0.2, 0.25) is 5.88 Å². The van der Waals surface area contributed by atoms with Crippen molar-refractivity contribution < 1.29 is 32.5 Å². The molecule has 0 spiro atoms. The molecule has 180 valence electrons. The van der Waals surface area contributed by atoms with E-state index in [9.17, 15) is 23.1 Å². The molecule has 0 bridgehead atoms. The molecule has 2 aromatic rings. The number of carbonyl (C=O) groups excluding carboxylic acids is 1. The molecule has 0 amide bonds. The van der Waals surface area contributed by atoms with E-state index < -0.39 is 40.7 Å². The lowest BCUT2D eigenvalue weighted by atomic mass is 10.0. The van der Waals surface area contributed by atoms with Crippen LogP contribution in [0.2, 0.25) is 0 Å². The minimum absolute atomic E-state index is 0.0457. The van der Waals surface area contributed by atoms with Gasteiger partial charge >= 0.3 is 12.1 Å². The van der Waals surface area contributed by atoms with Gasteiger partial charge in [-0.2, -0.15) is 18.3 Å². The summed E-state index contributed by atoms with van der Waals surface area (Å²) in [5.41, 5.74) is -2.08. The second-order valence-electron chi connectivity index (χ2n) is 7.56. The van der Waals surface area contributed by atoms with Gasteiger partial charge in [0.15, 0.2) is 11.4 Å². The smallest absolute Gasteiger partial charge is 0.420 e. The van der Waals surface area contributed by atoms with E-state index in [4.69, 9.17) is 32.7 Å². The Morgan fingerprint density at radius 1 is 1.25 bits per heavy atom. The number of aliphatic hydroxyl groups is 1. The summed E-state index contributed by atoms with van der Waals surface area (Å²) in [5, 5.41) is 14.2. The van der Waals surface area contributed by atoms with Crippen LogP contribution in [0.3, 0.4) is 0 Å². The maximum atomic E-state index is 13.7. The van der Waals surface area contributed by atoms with Crippen LogP contribution in [0.5, 0.6) is 11.6 Å². The number of alkyl halides is 5. The summed E-state index contributed by atoms with van der Waals surface area (Å²) in [5.74, 6) is -1.35. The molecular weight excluding hydrogens is 474 g/mol. The van der Waals surface area contributed by atoms with Crippen LogP contribution in [-0.2, 0) is 16.5 Å². The van der Waals surface area contributed by atoms with Crippen molar-refractivity contribution in [1.29, 1.82) is 0 Å². The number of aliphatic hydroxyl groups excluding tert-OH is 1. The quantitative estimate of drug-likeness (QED) is 0.412. The number of halogens is 5. The Kier molecular flexibility index (Phi) is 9.80. The fourth-order valence-electron chi connectivity index (χ4n) is 2.71. The Morgan fingerprint density at radius 3 is 2.25 bits per heavy atom. The van der Waals surface area contributed by atoms with Gasteiger partial charge in [0.1, 0.15) is 5.56 Å². The van der Waals surface area contributed by atoms with E-state index in [0.29, 0.717) is 0 Å². The van der Waals surface area contributed by atoms with Crippen molar-refractivity contribution >= 4 is 29.2 Å². The van der Waals surface area contributed by atoms with E-state index >= 15 is 0 Å². The summed E-state index contributed by atoms with van der Waals surface area (Å²) >= 11 is 9.53. The lowest BCUT2D eigenvalue weighted by Gasteiger charge is -2.24. The molecule has 0 aliphatic heterocycles. The van der Waals surface area contributed by atoms with Gasteiger partial charge in [-0.05, 0) is 41.5 Å². The molecule has 1 N–H and O–H groups in total. The third-order valence-corrected chi connectivity index (χ3v) is 4.05. The lowest BCUT2D eigenvalue weighted by Crippen LogP contribution is -2.24. The van der Waals surface area contributed by atoms with Crippen LogP contribution in [0.1, 0.15) is 67.9 Å². The first-order valence-electron chi connectivity index (χ1n) is 9.50. The predicted octanol–water partition coefficient (Wildman–Crippen LogP) is 5.80. The van der Waals surface area contributed by atoms with E-state index in [1.54, 1.807) is 27.7 Å². The lowest BCUT2D eigenvalue weighted by molar-refractivity contribution is -0.140. The minimum atomic E-state index is -4.80. The van der Waals surface area contributed by atoms with Gasteiger partial charge in [-0.1, -0.05) is 0 Å². The van der Waals surface area contributed by atoms with Crippen molar-refractivity contribution in [3.05, 3.63) is 34.8 Å². The van der Waals surface area contributed by atoms with E-state index in [0.717, 1.165) is 12.4 Å². The molecule has 2 aromatic heterocycles. The molecule has 0 aromatic carbocycles. The van der Waals surface area contributed by atoms with Crippen LogP contribution in [0.15, 0.2) is 12.4 Å². The van der Waals surface area contributed by atoms with Crippen molar-refractivity contribution in [1.82, 2.24) is 14.8 Å². The van der Waals surface area contributed by atoms with Crippen LogP contribution in [0.25, 0.3) is 0 Å². The minimum Gasteiger partial charge on any atom is -0.461 e. The van der Waals surface area contributed by atoms with Crippen LogP contribution in [0, 0.1) is 6.92 Å². The summed E-state index contributed by atoms with van der Waals surface area (Å²) in [6.45, 7) is 9.75. The van der Waals surface area contributed by atoms with E-state index in [1.807, 2.05) is 0 Å². The molecule has 0 saturated heterocycles. The molecule has 1 atom stereocenters. The maximum Gasteiger partial charge on any atom is 0.420 e. The van der Waals surface area contributed by atoms with Crippen molar-refractivity contribution in [2.45, 2.75) is 59.4 Å². The van der Waals surface area contributed by atoms with Gasteiger partial charge in [0.25, 0.3) is 0 Å². The fourth-order valence-corrected chi connectivity index (χ4v) is 2.71. The third-order valence-electron chi connectivity index (χ3n) is 4.05. The average Bonchev–Trinajstić information content (AvgIpc) is 2.98. The molecule has 0 aliphatic rings. The third kappa shape index (κ3) is 6.73. The van der Waals surface area contributed by atoms with Gasteiger partial charge in [-0.15, -0.1) is 23.2 Å². The Balaban J connectivity index is 0.00000161. The molecule has 0 saturated carbocycles. The number of rotatable bonds is 5. The molecular formula is C20H26Cl2F3N3O4. The van der Waals surface area contributed by atoms with Crippen molar-refractivity contribution in [3.8, 4) is 11.6 Å². The second kappa shape index (κ2) is 11.2. The summed E-state index contributed by atoms with van der Waals surface area (Å²) in [6, 6.07) is 0. The zero-order valence-corrected chi connectivity index (χ0v) is 20.1. The Bertz CT molecular complexity index is 926. The van der Waals surface area contributed by atoms with Gasteiger partial charge < -0.3 is 14.6 Å². The number of hydrogen-bond acceptors (Lipinski definition) is 6. The number of nitrogens with zero attached hydrogens (tertiary/aromatic N) is 3. The summed E-state index contributed by atoms with van der Waals surface area (Å²) in [6.07, 6.45) is -4.35. The highest BCUT2D eigenvalue weighted by Crippen LogP contribution is 2.43. The van der Waals surface area contributed by atoms with Crippen molar-refractivity contribution in [2.75, 3.05) is 11.9 Å². The SMILES string of the molecule is CCOC(=O)c1nn(C(C)(C)C)c(Oc2cncc(C(C)O)c2C(F)(F)F)c1C.ClCCl. The highest BCUT2D eigenvalue weighted by Gasteiger charge is 2.39. The van der Waals surface area contributed by atoms with E-state index in [-0.39, 0.29) is 29.1 Å². The standard InChI is InChI=1S/C19H24F3N3O4.CH2Cl2/c1-7-28-17(27)15-10(2)16(25(24-15)18(4,5)6)29-13-9-23-8-12(11(3)26)14(13)19(20,21)22;2-1-3/h8-9,11,26H,7H2,1-6H3;1H2. The Hall–Kier alpha value is -2.04. The van der Waals surface area contributed by atoms with Gasteiger partial charge in [0.05, 0.1) is 29.8 Å². The van der Waals surface area contributed by atoms with Gasteiger partial charge in [0, 0.05) is 17.3 Å². The maximum absolute atomic E-state index is 13.7. The fraction of sp³-hybridized carbons (Fsp3) is 0.550. The monoisotopic (exact) mass is 499 g/mol. The molecule has 2 rings (SSSR count). The summed E-state index contributed by atoms with van der Waals surface area (Å²) in [7, 11) is 0. The second-order valence-corrected chi connectivity index (χ2v) is 8.37. The zero-order valence-electron chi connectivity index (χ0n) is 18.5. The molecule has 32 heavy (non-hydrogen) atoms. The number of ether oxygens (including phenoxy) is 2. The van der Waals surface area contributed by atoms with Gasteiger partial charge in [-0.25, -0.2) is 9.48 Å². The highest BCUT2D eigenvalue weighted by atomic mass is 35.5. The number of pyridine rings is 1. The highest BCUT2D eigenvalue weighted by molar-refractivity contribution is 6.40. The van der Waals surface area contributed by atoms with Crippen LogP contribution in [-0.4, -0.2) is 37.8 Å². The molecule has 0 aliphatic carbocycles. The number of aromatic nitrogens is 3. The predicted molar refractivity (Wildman–Crippen MR) is 114 cm³/mol. The number of carbonyl (C=O) groups is 1. The molecule has 12 heteroatoms. The Morgan fingerprint density at radius 2 is 1.81 bits per heavy atom. The summed E-state index contributed by atoms with van der Waals surface area (Å²) < 4.78 is 53.1. The molecule has 0 radical (unpaired) electrons. The van der Waals surface area contributed by atoms with Crippen molar-refractivity contribution in [2.24, 2.45) is 0 Å². The van der Waals surface area contributed by atoms with Crippen LogP contribution < -0.4 is 4.74 Å². The average molecular weight is 500 g/mol. The van der Waals surface area contributed by atoms with Crippen LogP contribution in [0.4, 0.5) is 13.2 Å². The van der Waals surface area contributed by atoms with Crippen molar-refractivity contribution in [3.63, 3.8) is 0 Å². The topological polar surface area (TPSA) is 86.5 Å². The summed E-state index contributed by atoms with van der Waals surface area (Å²) in [4.78, 5) is 16.0.